The first-order valence-electron chi connectivity index (χ1n) is 12.3. The van der Waals surface area contributed by atoms with E-state index in [0.29, 0.717) is 67.6 Å². The number of likely N-dealkylation sites (N-methyl/N-ethyl adjacent to an activating group) is 1. The highest BCUT2D eigenvalue weighted by Gasteiger charge is 2.39. The van der Waals surface area contributed by atoms with Gasteiger partial charge < -0.3 is 29.7 Å². The van der Waals surface area contributed by atoms with Gasteiger partial charge in [0, 0.05) is 57.6 Å². The Morgan fingerprint density at radius 2 is 1.83 bits per heavy atom. The molecule has 4 amide bonds. The summed E-state index contributed by atoms with van der Waals surface area (Å²) in [5, 5.41) is 5.83. The highest BCUT2D eigenvalue weighted by atomic mass is 16.5. The quantitative estimate of drug-likeness (QED) is 0.496. The van der Waals surface area contributed by atoms with E-state index in [9.17, 15) is 14.4 Å². The predicted molar refractivity (Wildman–Crippen MR) is 134 cm³/mol. The summed E-state index contributed by atoms with van der Waals surface area (Å²) in [5.74, 6) is 0.417. The van der Waals surface area contributed by atoms with Crippen LogP contribution in [0.2, 0.25) is 0 Å². The van der Waals surface area contributed by atoms with E-state index in [2.05, 4.69) is 15.5 Å². The van der Waals surface area contributed by atoms with Crippen molar-refractivity contribution in [1.29, 1.82) is 0 Å². The van der Waals surface area contributed by atoms with Crippen molar-refractivity contribution in [2.75, 3.05) is 67.1 Å². The van der Waals surface area contributed by atoms with Gasteiger partial charge in [-0.05, 0) is 19.4 Å². The zero-order valence-electron chi connectivity index (χ0n) is 21.8. The van der Waals surface area contributed by atoms with Crippen LogP contribution >= 0.6 is 0 Å². The summed E-state index contributed by atoms with van der Waals surface area (Å²) in [6.07, 6.45) is 0.879. The Balaban J connectivity index is 1.94. The van der Waals surface area contributed by atoms with Crippen molar-refractivity contribution in [3.05, 3.63) is 35.0 Å². The molecule has 0 saturated carbocycles. The molecule has 0 aromatic heterocycles. The zero-order valence-corrected chi connectivity index (χ0v) is 21.8. The Morgan fingerprint density at radius 1 is 1.11 bits per heavy atom. The third-order valence-corrected chi connectivity index (χ3v) is 6.38. The van der Waals surface area contributed by atoms with Crippen molar-refractivity contribution < 1.29 is 28.6 Å². The molecule has 0 spiro atoms. The van der Waals surface area contributed by atoms with Gasteiger partial charge in [0.15, 0.2) is 11.5 Å². The van der Waals surface area contributed by atoms with Gasteiger partial charge in [-0.2, -0.15) is 0 Å². The number of carbonyl (C=O) groups is 3. The second kappa shape index (κ2) is 12.5. The van der Waals surface area contributed by atoms with Crippen LogP contribution in [-0.4, -0.2) is 99.9 Å². The summed E-state index contributed by atoms with van der Waals surface area (Å²) in [5.41, 5.74) is 1.49. The van der Waals surface area contributed by atoms with E-state index in [1.54, 1.807) is 37.1 Å². The van der Waals surface area contributed by atoms with E-state index >= 15 is 0 Å². The number of hydrogen-bond acceptors (Lipinski definition) is 7. The first kappa shape index (κ1) is 27.1. The lowest BCUT2D eigenvalue weighted by Gasteiger charge is -2.39. The van der Waals surface area contributed by atoms with Gasteiger partial charge in [-0.3, -0.25) is 9.80 Å². The van der Waals surface area contributed by atoms with Gasteiger partial charge >= 0.3 is 18.0 Å². The fourth-order valence-corrected chi connectivity index (χ4v) is 4.44. The Morgan fingerprint density at radius 3 is 2.44 bits per heavy atom. The number of hydrogen-bond donors (Lipinski definition) is 2. The van der Waals surface area contributed by atoms with E-state index in [1.807, 2.05) is 6.92 Å². The van der Waals surface area contributed by atoms with Crippen LogP contribution in [0.1, 0.15) is 31.9 Å². The lowest BCUT2D eigenvalue weighted by molar-refractivity contribution is -0.139. The number of methoxy groups -OCH3 is 2. The summed E-state index contributed by atoms with van der Waals surface area (Å²) in [4.78, 5) is 44.0. The lowest BCUT2D eigenvalue weighted by Crippen LogP contribution is -2.54. The van der Waals surface area contributed by atoms with Gasteiger partial charge in [0.1, 0.15) is 0 Å². The topological polar surface area (TPSA) is 113 Å². The summed E-state index contributed by atoms with van der Waals surface area (Å²) in [6, 6.07) is 4.14. The molecule has 2 N–H and O–H groups in total. The molecule has 0 unspecified atom stereocenters. The standard InChI is InChI=1S/C25H37N5O6/c1-6-11-26-24(32)30-14-12-29(13-15-30)16-18-20(23(31)36-7-2)21(27-25(33)28(18)3)17-9-8-10-19(34-4)22(17)35-5/h8-10,21H,6-7,11-16H2,1-5H3,(H,26,32)(H,27,33)/t21-/m1/s1. The third kappa shape index (κ3) is 5.84. The fraction of sp³-hybridized carbons (Fsp3) is 0.560. The second-order valence-corrected chi connectivity index (χ2v) is 8.60. The van der Waals surface area contributed by atoms with Crippen LogP contribution in [0.15, 0.2) is 29.5 Å². The number of urea groups is 2. The number of nitrogens with one attached hydrogen (secondary N) is 2. The van der Waals surface area contributed by atoms with Gasteiger partial charge in [0.25, 0.3) is 0 Å². The summed E-state index contributed by atoms with van der Waals surface area (Å²) < 4.78 is 16.5. The van der Waals surface area contributed by atoms with Crippen LogP contribution < -0.4 is 20.1 Å². The van der Waals surface area contributed by atoms with Crippen LogP contribution in [0.3, 0.4) is 0 Å². The van der Waals surface area contributed by atoms with E-state index < -0.39 is 12.0 Å². The summed E-state index contributed by atoms with van der Waals surface area (Å²) in [6.45, 7) is 7.28. The maximum absolute atomic E-state index is 13.3. The number of benzene rings is 1. The van der Waals surface area contributed by atoms with Gasteiger partial charge in [-0.1, -0.05) is 19.1 Å². The summed E-state index contributed by atoms with van der Waals surface area (Å²) in [7, 11) is 4.69. The Kier molecular flexibility index (Phi) is 9.40. The number of carbonyl (C=O) groups excluding carboxylic acids is 3. The third-order valence-electron chi connectivity index (χ3n) is 6.38. The molecule has 2 aliphatic heterocycles. The molecule has 1 aromatic carbocycles. The molecule has 0 bridgehead atoms. The number of para-hydroxylation sites is 1. The Labute approximate surface area is 212 Å². The SMILES string of the molecule is CCCNC(=O)N1CCN(CC2=C(C(=O)OCC)[C@@H](c3cccc(OC)c3OC)NC(=O)N2C)CC1. The first-order chi connectivity index (χ1) is 17.4. The first-order valence-corrected chi connectivity index (χ1v) is 12.3. The monoisotopic (exact) mass is 503 g/mol. The van der Waals surface area contributed by atoms with Crippen molar-refractivity contribution in [2.24, 2.45) is 0 Å². The average molecular weight is 504 g/mol. The van der Waals surface area contributed by atoms with Crippen LogP contribution in [0, 0.1) is 0 Å². The molecule has 1 aromatic rings. The lowest BCUT2D eigenvalue weighted by atomic mass is 9.93. The van der Waals surface area contributed by atoms with Crippen molar-refractivity contribution in [2.45, 2.75) is 26.3 Å². The van der Waals surface area contributed by atoms with Gasteiger partial charge in [-0.15, -0.1) is 0 Å². The number of amides is 4. The molecule has 1 fully saturated rings. The van der Waals surface area contributed by atoms with Gasteiger partial charge in [0.05, 0.1) is 32.4 Å². The van der Waals surface area contributed by atoms with Gasteiger partial charge in [-0.25, -0.2) is 14.4 Å². The fourth-order valence-electron chi connectivity index (χ4n) is 4.44. The maximum atomic E-state index is 13.3. The number of nitrogens with zero attached hydrogens (tertiary/aromatic N) is 3. The number of rotatable bonds is 9. The molecule has 0 aliphatic carbocycles. The molecule has 3 rings (SSSR count). The van der Waals surface area contributed by atoms with E-state index in [4.69, 9.17) is 14.2 Å². The van der Waals surface area contributed by atoms with Crippen LogP contribution in [0.4, 0.5) is 9.59 Å². The normalized spacial score (nSPS) is 18.6. The molecule has 2 aliphatic rings. The van der Waals surface area contributed by atoms with Crippen LogP contribution in [0.25, 0.3) is 0 Å². The molecule has 2 heterocycles. The van der Waals surface area contributed by atoms with Gasteiger partial charge in [0.2, 0.25) is 0 Å². The van der Waals surface area contributed by atoms with Crippen LogP contribution in [0.5, 0.6) is 11.5 Å². The molecule has 36 heavy (non-hydrogen) atoms. The minimum Gasteiger partial charge on any atom is -0.493 e. The average Bonchev–Trinajstić information content (AvgIpc) is 2.89. The predicted octanol–water partition coefficient (Wildman–Crippen LogP) is 1.95. The summed E-state index contributed by atoms with van der Waals surface area (Å²) >= 11 is 0. The zero-order chi connectivity index (χ0) is 26.2. The smallest absolute Gasteiger partial charge is 0.338 e. The van der Waals surface area contributed by atoms with Crippen molar-refractivity contribution in [1.82, 2.24) is 25.3 Å². The van der Waals surface area contributed by atoms with Crippen molar-refractivity contribution in [3.63, 3.8) is 0 Å². The molecule has 11 heteroatoms. The molecule has 0 radical (unpaired) electrons. The van der Waals surface area contributed by atoms with E-state index in [-0.39, 0.29) is 18.7 Å². The largest absolute Gasteiger partial charge is 0.493 e. The highest BCUT2D eigenvalue weighted by Crippen LogP contribution is 2.40. The molecular weight excluding hydrogens is 466 g/mol. The van der Waals surface area contributed by atoms with Crippen molar-refractivity contribution >= 4 is 18.0 Å². The Hall–Kier alpha value is -3.47. The van der Waals surface area contributed by atoms with E-state index in [1.165, 1.54) is 19.1 Å². The van der Waals surface area contributed by atoms with Crippen LogP contribution in [-0.2, 0) is 9.53 Å². The molecular formula is C25H37N5O6. The van der Waals surface area contributed by atoms with E-state index in [0.717, 1.165) is 6.42 Å². The maximum Gasteiger partial charge on any atom is 0.338 e. The van der Waals surface area contributed by atoms with Crippen molar-refractivity contribution in [3.8, 4) is 11.5 Å². The molecule has 1 atom stereocenters. The highest BCUT2D eigenvalue weighted by molar-refractivity contribution is 5.95. The number of esters is 1. The Bertz CT molecular complexity index is 989. The number of ether oxygens (including phenoxy) is 3. The molecule has 198 valence electrons. The number of piperazine rings is 1. The molecule has 1 saturated heterocycles. The second-order valence-electron chi connectivity index (χ2n) is 8.60. The minimum absolute atomic E-state index is 0.0673. The minimum atomic E-state index is -0.783. The molecule has 11 nitrogen and oxygen atoms in total.